The Morgan fingerprint density at radius 2 is 0.942 bits per heavy atom. The SMILES string of the molecule is CCCCC/C=C/CC/C=C/C(O)C(COC1OC(CO)C(O)C(O)C1O)NC(=O)CCCCCCC/C=C\CCCCCCCCCOC(=O)CCCCCCCCCCCCCCCCCC. The lowest BCUT2D eigenvalue weighted by atomic mass is 9.99. The normalized spacial score (nSPS) is 19.6. The second-order valence-corrected chi connectivity index (χ2v) is 20.0. The predicted molar refractivity (Wildman–Crippen MR) is 283 cm³/mol. The third-order valence-electron chi connectivity index (χ3n) is 13.5. The molecule has 11 heteroatoms. The van der Waals surface area contributed by atoms with Gasteiger partial charge in [0.05, 0.1) is 32.0 Å². The number of hydrogen-bond donors (Lipinski definition) is 6. The highest BCUT2D eigenvalue weighted by molar-refractivity contribution is 5.76. The number of aliphatic hydroxyl groups excluding tert-OH is 5. The maximum Gasteiger partial charge on any atom is 0.305 e. The van der Waals surface area contributed by atoms with Crippen molar-refractivity contribution in [1.29, 1.82) is 0 Å². The molecular weight excluding hydrogens is 871 g/mol. The lowest BCUT2D eigenvalue weighted by Gasteiger charge is -2.40. The van der Waals surface area contributed by atoms with Crippen LogP contribution in [0, 0.1) is 0 Å². The van der Waals surface area contributed by atoms with Crippen LogP contribution < -0.4 is 5.32 Å². The van der Waals surface area contributed by atoms with E-state index in [0.29, 0.717) is 19.4 Å². The molecule has 7 atom stereocenters. The van der Waals surface area contributed by atoms with Crippen molar-refractivity contribution in [2.24, 2.45) is 0 Å². The zero-order chi connectivity index (χ0) is 50.3. The molecule has 0 bridgehead atoms. The van der Waals surface area contributed by atoms with Crippen LogP contribution in [0.1, 0.15) is 258 Å². The molecule has 6 N–H and O–H groups in total. The van der Waals surface area contributed by atoms with Gasteiger partial charge in [0, 0.05) is 12.8 Å². The van der Waals surface area contributed by atoms with Gasteiger partial charge in [-0.1, -0.05) is 211 Å². The number of unbranched alkanes of at least 4 members (excludes halogenated alkanes) is 31. The third-order valence-corrected chi connectivity index (χ3v) is 13.5. The highest BCUT2D eigenvalue weighted by Gasteiger charge is 2.44. The minimum atomic E-state index is -1.58. The molecule has 0 radical (unpaired) electrons. The summed E-state index contributed by atoms with van der Waals surface area (Å²) in [5.41, 5.74) is 0. The first-order valence-electron chi connectivity index (χ1n) is 28.8. The van der Waals surface area contributed by atoms with Crippen LogP contribution in [-0.4, -0.2) is 100 Å². The van der Waals surface area contributed by atoms with Crippen LogP contribution in [0.2, 0.25) is 0 Å². The Morgan fingerprint density at radius 3 is 1.46 bits per heavy atom. The molecule has 1 rings (SSSR count). The number of ether oxygens (including phenoxy) is 3. The van der Waals surface area contributed by atoms with Crippen molar-refractivity contribution in [3.8, 4) is 0 Å². The van der Waals surface area contributed by atoms with Gasteiger partial charge in [-0.25, -0.2) is 0 Å². The van der Waals surface area contributed by atoms with E-state index in [4.69, 9.17) is 14.2 Å². The zero-order valence-corrected chi connectivity index (χ0v) is 44.3. The van der Waals surface area contributed by atoms with E-state index >= 15 is 0 Å². The fourth-order valence-electron chi connectivity index (χ4n) is 8.86. The smallest absolute Gasteiger partial charge is 0.305 e. The number of aliphatic hydroxyl groups is 5. The van der Waals surface area contributed by atoms with Crippen LogP contribution in [0.15, 0.2) is 36.5 Å². The Labute approximate surface area is 422 Å². The Balaban J connectivity index is 2.06. The fourth-order valence-corrected chi connectivity index (χ4v) is 8.86. The number of hydrogen-bond acceptors (Lipinski definition) is 10. The molecular formula is C58H107NO10. The van der Waals surface area contributed by atoms with E-state index in [1.165, 1.54) is 141 Å². The van der Waals surface area contributed by atoms with Gasteiger partial charge in [-0.3, -0.25) is 9.59 Å². The van der Waals surface area contributed by atoms with Crippen LogP contribution in [0.4, 0.5) is 0 Å². The molecule has 1 saturated heterocycles. The van der Waals surface area contributed by atoms with Gasteiger partial charge < -0.3 is 45.1 Å². The summed E-state index contributed by atoms with van der Waals surface area (Å²) in [7, 11) is 0. The average Bonchev–Trinajstić information content (AvgIpc) is 3.34. The lowest BCUT2D eigenvalue weighted by Crippen LogP contribution is -2.60. The summed E-state index contributed by atoms with van der Waals surface area (Å²) in [6.45, 7) is 4.24. The summed E-state index contributed by atoms with van der Waals surface area (Å²) in [5, 5.41) is 54.1. The average molecular weight is 978 g/mol. The summed E-state index contributed by atoms with van der Waals surface area (Å²) in [6, 6.07) is -0.838. The molecule has 404 valence electrons. The van der Waals surface area contributed by atoms with Gasteiger partial charge in [0.25, 0.3) is 0 Å². The molecule has 69 heavy (non-hydrogen) atoms. The van der Waals surface area contributed by atoms with Crippen molar-refractivity contribution in [1.82, 2.24) is 5.32 Å². The number of rotatable bonds is 49. The maximum atomic E-state index is 13.0. The van der Waals surface area contributed by atoms with Crippen molar-refractivity contribution in [3.05, 3.63) is 36.5 Å². The minimum absolute atomic E-state index is 0.0187. The second-order valence-electron chi connectivity index (χ2n) is 20.0. The molecule has 0 saturated carbocycles. The van der Waals surface area contributed by atoms with Gasteiger partial charge in [0.2, 0.25) is 5.91 Å². The number of allylic oxidation sites excluding steroid dienone is 5. The van der Waals surface area contributed by atoms with Crippen LogP contribution in [0.5, 0.6) is 0 Å². The zero-order valence-electron chi connectivity index (χ0n) is 44.3. The number of esters is 1. The lowest BCUT2D eigenvalue weighted by molar-refractivity contribution is -0.302. The highest BCUT2D eigenvalue weighted by Crippen LogP contribution is 2.23. The van der Waals surface area contributed by atoms with Crippen LogP contribution in [0.3, 0.4) is 0 Å². The molecule has 0 spiro atoms. The first-order valence-corrected chi connectivity index (χ1v) is 28.8. The van der Waals surface area contributed by atoms with Crippen LogP contribution in [0.25, 0.3) is 0 Å². The van der Waals surface area contributed by atoms with Gasteiger partial charge >= 0.3 is 5.97 Å². The molecule has 1 fully saturated rings. The first-order chi connectivity index (χ1) is 33.7. The summed E-state index contributed by atoms with van der Waals surface area (Å²) < 4.78 is 16.6. The molecule has 0 aromatic carbocycles. The molecule has 0 aromatic heterocycles. The second kappa shape index (κ2) is 48.2. The Bertz CT molecular complexity index is 1240. The molecule has 11 nitrogen and oxygen atoms in total. The minimum Gasteiger partial charge on any atom is -0.466 e. The molecule has 1 aliphatic rings. The molecule has 1 aliphatic heterocycles. The van der Waals surface area contributed by atoms with Crippen LogP contribution >= 0.6 is 0 Å². The van der Waals surface area contributed by atoms with E-state index < -0.39 is 49.5 Å². The van der Waals surface area contributed by atoms with Gasteiger partial charge in [-0.15, -0.1) is 0 Å². The molecule has 1 amide bonds. The van der Waals surface area contributed by atoms with Crippen molar-refractivity contribution in [2.45, 2.75) is 301 Å². The van der Waals surface area contributed by atoms with E-state index in [0.717, 1.165) is 89.9 Å². The molecule has 7 unspecified atom stereocenters. The van der Waals surface area contributed by atoms with Crippen molar-refractivity contribution in [3.63, 3.8) is 0 Å². The van der Waals surface area contributed by atoms with E-state index in [9.17, 15) is 35.1 Å². The molecule has 1 heterocycles. The topological polar surface area (TPSA) is 175 Å². The summed E-state index contributed by atoms with van der Waals surface area (Å²) >= 11 is 0. The third kappa shape index (κ3) is 38.2. The fraction of sp³-hybridized carbons (Fsp3) is 0.862. The number of amides is 1. The monoisotopic (exact) mass is 978 g/mol. The molecule has 0 aromatic rings. The van der Waals surface area contributed by atoms with E-state index in [-0.39, 0.29) is 18.5 Å². The van der Waals surface area contributed by atoms with Crippen molar-refractivity contribution in [2.75, 3.05) is 19.8 Å². The van der Waals surface area contributed by atoms with Crippen molar-refractivity contribution < 1.29 is 49.3 Å². The van der Waals surface area contributed by atoms with E-state index in [1.807, 2.05) is 6.08 Å². The van der Waals surface area contributed by atoms with Gasteiger partial charge in [0.1, 0.15) is 24.4 Å². The Kier molecular flexibility index (Phi) is 45.3. The number of nitrogens with one attached hydrogen (secondary N) is 1. The first kappa shape index (κ1) is 64.9. The molecule has 0 aliphatic carbocycles. The standard InChI is InChI=1S/C58H107NO10/c1-3-5-7-9-11-13-14-15-16-20-23-26-30-34-38-42-46-54(63)67-47-43-39-35-31-27-24-21-18-17-19-22-25-29-33-37-41-45-53(62)59-50(51(61)44-40-36-32-28-12-10-8-6-4-2)49-68-58-57(66)56(65)55(64)52(48-60)69-58/h12,17,19,28,40,44,50-52,55-58,60-61,64-66H,3-11,13-16,18,20-27,29-39,41-43,45-49H2,1-2H3,(H,59,62)/b19-17-,28-12+,44-40+. The quantitative estimate of drug-likeness (QED) is 0.0196. The summed E-state index contributed by atoms with van der Waals surface area (Å²) in [4.78, 5) is 25.0. The van der Waals surface area contributed by atoms with Crippen LogP contribution in [-0.2, 0) is 23.8 Å². The van der Waals surface area contributed by atoms with E-state index in [2.05, 4.69) is 43.5 Å². The van der Waals surface area contributed by atoms with E-state index in [1.54, 1.807) is 6.08 Å². The number of carbonyl (C=O) groups is 2. The van der Waals surface area contributed by atoms with Gasteiger partial charge in [0.15, 0.2) is 6.29 Å². The summed E-state index contributed by atoms with van der Waals surface area (Å²) in [5.74, 6) is -0.230. The number of carbonyl (C=O) groups excluding carboxylic acids is 2. The highest BCUT2D eigenvalue weighted by atomic mass is 16.7. The largest absolute Gasteiger partial charge is 0.466 e. The summed E-state index contributed by atoms with van der Waals surface area (Å²) in [6.07, 6.45) is 48.2. The van der Waals surface area contributed by atoms with Gasteiger partial charge in [-0.05, 0) is 70.6 Å². The van der Waals surface area contributed by atoms with Crippen molar-refractivity contribution >= 4 is 11.9 Å². The Morgan fingerprint density at radius 1 is 0.522 bits per heavy atom. The maximum absolute atomic E-state index is 13.0. The predicted octanol–water partition coefficient (Wildman–Crippen LogP) is 12.7. The Hall–Kier alpha value is -2.12. The van der Waals surface area contributed by atoms with Gasteiger partial charge in [-0.2, -0.15) is 0 Å².